The molecular weight excluding hydrogens is 512 g/mol. The van der Waals surface area contributed by atoms with Gasteiger partial charge in [0.25, 0.3) is 6.02 Å². The molecule has 3 heterocycles. The molecule has 1 aliphatic heterocycles. The fraction of sp³-hybridized carbons (Fsp3) is 0.364. The Hall–Kier alpha value is -3.88. The van der Waals surface area contributed by atoms with E-state index in [0.29, 0.717) is 5.56 Å². The van der Waals surface area contributed by atoms with Gasteiger partial charge in [0.15, 0.2) is 29.1 Å². The highest BCUT2D eigenvalue weighted by Gasteiger charge is 2.50. The number of aromatic nitrogens is 3. The van der Waals surface area contributed by atoms with Crippen LogP contribution >= 0.6 is 0 Å². The third-order valence-corrected chi connectivity index (χ3v) is 5.36. The van der Waals surface area contributed by atoms with Gasteiger partial charge in [-0.15, -0.1) is 0 Å². The second kappa shape index (κ2) is 10.2. The van der Waals surface area contributed by atoms with E-state index in [4.69, 9.17) is 15.0 Å². The van der Waals surface area contributed by atoms with E-state index in [2.05, 4.69) is 29.6 Å². The van der Waals surface area contributed by atoms with E-state index in [1.807, 2.05) is 0 Å². The lowest BCUT2D eigenvalue weighted by Crippen LogP contribution is -2.46. The molecule has 0 fully saturated rings. The Morgan fingerprint density at radius 1 is 1.16 bits per heavy atom. The topological polar surface area (TPSA) is 118 Å². The van der Waals surface area contributed by atoms with Crippen molar-refractivity contribution in [2.75, 3.05) is 13.2 Å². The zero-order valence-corrected chi connectivity index (χ0v) is 19.0. The first-order valence-corrected chi connectivity index (χ1v) is 10.7. The molecule has 2 atom stereocenters. The fourth-order valence-electron chi connectivity index (χ4n) is 3.64. The van der Waals surface area contributed by atoms with Crippen molar-refractivity contribution >= 4 is 6.02 Å². The van der Waals surface area contributed by atoms with Crippen molar-refractivity contribution in [3.63, 3.8) is 0 Å². The molecule has 0 unspecified atom stereocenters. The van der Waals surface area contributed by atoms with E-state index in [-0.39, 0.29) is 41.8 Å². The molecule has 15 heteroatoms. The van der Waals surface area contributed by atoms with Crippen LogP contribution in [-0.4, -0.2) is 53.3 Å². The smallest absolute Gasteiger partial charge is 0.425 e. The first-order chi connectivity index (χ1) is 17.4. The summed E-state index contributed by atoms with van der Waals surface area (Å²) in [6.45, 7) is -2.04. The molecule has 37 heavy (non-hydrogen) atoms. The molecule has 0 amide bonds. The summed E-state index contributed by atoms with van der Waals surface area (Å²) in [5, 5.41) is 3.87. The van der Waals surface area contributed by atoms with E-state index in [1.54, 1.807) is 0 Å². The highest BCUT2D eigenvalue weighted by molar-refractivity contribution is 5.73. The number of benzene rings is 1. The van der Waals surface area contributed by atoms with E-state index >= 15 is 0 Å². The molecule has 4 rings (SSSR count). The molecular formula is C22H19F6N5O4. The maximum absolute atomic E-state index is 14.8. The minimum absolute atomic E-state index is 0.135. The molecule has 0 bridgehead atoms. The lowest BCUT2D eigenvalue weighted by atomic mass is 9.84. The van der Waals surface area contributed by atoms with Gasteiger partial charge in [-0.2, -0.15) is 22.0 Å². The zero-order chi connectivity index (χ0) is 26.8. The molecule has 198 valence electrons. The summed E-state index contributed by atoms with van der Waals surface area (Å²) in [7, 11) is 0. The minimum Gasteiger partial charge on any atom is -0.488 e. The molecule has 0 spiro atoms. The summed E-state index contributed by atoms with van der Waals surface area (Å²) in [6.07, 6.45) is -5.08. The van der Waals surface area contributed by atoms with Gasteiger partial charge < -0.3 is 24.5 Å². The number of halogens is 6. The summed E-state index contributed by atoms with van der Waals surface area (Å²) in [6, 6.07) is 4.48. The Morgan fingerprint density at radius 3 is 2.57 bits per heavy atom. The van der Waals surface area contributed by atoms with Crippen LogP contribution < -0.4 is 10.5 Å². The number of hydrogen-bond acceptors (Lipinski definition) is 9. The molecule has 1 aliphatic rings. The Morgan fingerprint density at radius 2 is 1.89 bits per heavy atom. The van der Waals surface area contributed by atoms with E-state index in [1.165, 1.54) is 37.5 Å². The predicted molar refractivity (Wildman–Crippen MR) is 115 cm³/mol. The number of rotatable bonds is 8. The van der Waals surface area contributed by atoms with E-state index in [0.717, 1.165) is 6.07 Å². The molecule has 0 saturated carbocycles. The Balaban J connectivity index is 1.53. The van der Waals surface area contributed by atoms with Crippen molar-refractivity contribution in [2.24, 2.45) is 10.7 Å². The Bertz CT molecular complexity index is 1270. The van der Waals surface area contributed by atoms with E-state index in [9.17, 15) is 26.3 Å². The average molecular weight is 531 g/mol. The third-order valence-electron chi connectivity index (χ3n) is 5.36. The van der Waals surface area contributed by atoms with E-state index < -0.39 is 42.7 Å². The lowest BCUT2D eigenvalue weighted by Gasteiger charge is -2.36. The SMILES string of the molecule is C[C@@]1(c2cc(-c3cc(-c4ncc(OCCOC(F)F)cn4)no3)ccc2F)C[C@@H](C(F)(F)F)OC(N)=N1. The van der Waals surface area contributed by atoms with Gasteiger partial charge in [-0.1, -0.05) is 5.16 Å². The van der Waals surface area contributed by atoms with Gasteiger partial charge >= 0.3 is 12.8 Å². The van der Waals surface area contributed by atoms with Crippen molar-refractivity contribution in [3.8, 4) is 28.6 Å². The van der Waals surface area contributed by atoms with Gasteiger partial charge in [0.2, 0.25) is 0 Å². The summed E-state index contributed by atoms with van der Waals surface area (Å²) in [4.78, 5) is 12.1. The van der Waals surface area contributed by atoms with Crippen LogP contribution in [0.4, 0.5) is 26.3 Å². The number of alkyl halides is 5. The summed E-state index contributed by atoms with van der Waals surface area (Å²) < 4.78 is 97.8. The predicted octanol–water partition coefficient (Wildman–Crippen LogP) is 4.44. The molecule has 9 nitrogen and oxygen atoms in total. The molecule has 0 saturated heterocycles. The Labute approximate surface area is 205 Å². The summed E-state index contributed by atoms with van der Waals surface area (Å²) >= 11 is 0. The van der Waals surface area contributed by atoms with Gasteiger partial charge in [-0.3, -0.25) is 0 Å². The van der Waals surface area contributed by atoms with Crippen LogP contribution in [0.25, 0.3) is 22.8 Å². The number of amidine groups is 1. The lowest BCUT2D eigenvalue weighted by molar-refractivity contribution is -0.208. The number of aliphatic imine (C=N–C) groups is 1. The second-order valence-electron chi connectivity index (χ2n) is 8.07. The van der Waals surface area contributed by atoms with Gasteiger partial charge in [0.05, 0.1) is 24.5 Å². The maximum Gasteiger partial charge on any atom is 0.425 e. The number of nitrogens with zero attached hydrogens (tertiary/aromatic N) is 4. The van der Waals surface area contributed by atoms with Crippen LogP contribution in [0.5, 0.6) is 5.75 Å². The Kier molecular flexibility index (Phi) is 7.25. The van der Waals surface area contributed by atoms with Crippen LogP contribution in [0.1, 0.15) is 18.9 Å². The van der Waals surface area contributed by atoms with Crippen molar-refractivity contribution in [2.45, 2.75) is 37.8 Å². The van der Waals surface area contributed by atoms with Gasteiger partial charge in [0.1, 0.15) is 12.4 Å². The molecule has 1 aromatic carbocycles. The molecule has 3 aromatic rings. The number of ether oxygens (including phenoxy) is 3. The van der Waals surface area contributed by atoms with Gasteiger partial charge in [-0.25, -0.2) is 19.4 Å². The monoisotopic (exact) mass is 531 g/mol. The molecule has 0 radical (unpaired) electrons. The van der Waals surface area contributed by atoms with Gasteiger partial charge in [0, 0.05) is 23.6 Å². The average Bonchev–Trinajstić information content (AvgIpc) is 3.31. The summed E-state index contributed by atoms with van der Waals surface area (Å²) in [5.41, 5.74) is 4.18. The first-order valence-electron chi connectivity index (χ1n) is 10.7. The fourth-order valence-corrected chi connectivity index (χ4v) is 3.64. The van der Waals surface area contributed by atoms with Gasteiger partial charge in [-0.05, 0) is 25.1 Å². The zero-order valence-electron chi connectivity index (χ0n) is 19.0. The van der Waals surface area contributed by atoms with Crippen molar-refractivity contribution in [1.29, 1.82) is 0 Å². The largest absolute Gasteiger partial charge is 0.488 e. The van der Waals surface area contributed by atoms with Crippen LogP contribution in [-0.2, 0) is 15.0 Å². The van der Waals surface area contributed by atoms with Crippen LogP contribution in [0.3, 0.4) is 0 Å². The van der Waals surface area contributed by atoms with Crippen molar-refractivity contribution in [3.05, 3.63) is 48.0 Å². The molecule has 0 aliphatic carbocycles. The normalized spacial score (nSPS) is 20.0. The maximum atomic E-state index is 14.8. The molecule has 2 aromatic heterocycles. The third kappa shape index (κ3) is 6.10. The highest BCUT2D eigenvalue weighted by Crippen LogP contribution is 2.42. The van der Waals surface area contributed by atoms with Crippen LogP contribution in [0, 0.1) is 5.82 Å². The number of hydrogen-bond donors (Lipinski definition) is 1. The van der Waals surface area contributed by atoms with Crippen molar-refractivity contribution < 1.29 is 45.1 Å². The standard InChI is InChI=1S/C22H19F6N5O4/c1-21(8-17(22(26,27)28)36-20(29)32-21)13-6-11(2-3-14(13)23)16-7-15(33-37-16)18-30-9-12(10-31-18)34-4-5-35-19(24)25/h2-3,6-7,9-10,17,19H,4-5,8H2,1H3,(H2,29,32)/t17-,21-/m0/s1. The first kappa shape index (κ1) is 26.2. The van der Waals surface area contributed by atoms with Crippen LogP contribution in [0.2, 0.25) is 0 Å². The minimum atomic E-state index is -4.73. The highest BCUT2D eigenvalue weighted by atomic mass is 19.4. The van der Waals surface area contributed by atoms with Crippen LogP contribution in [0.15, 0.2) is 46.2 Å². The number of nitrogens with two attached hydrogens (primary N) is 1. The second-order valence-corrected chi connectivity index (χ2v) is 8.07. The summed E-state index contributed by atoms with van der Waals surface area (Å²) in [5.74, 6) is -0.293. The molecule has 2 N–H and O–H groups in total. The quantitative estimate of drug-likeness (QED) is 0.335. The van der Waals surface area contributed by atoms with Crippen molar-refractivity contribution in [1.82, 2.24) is 15.1 Å².